The molecular weight excluding hydrogens is 341 g/mol. The molecule has 0 spiro atoms. The first kappa shape index (κ1) is 19.1. The average Bonchev–Trinajstić information content (AvgIpc) is 2.71. The summed E-state index contributed by atoms with van der Waals surface area (Å²) in [5, 5.41) is 6.18. The predicted molar refractivity (Wildman–Crippen MR) is 106 cm³/mol. The van der Waals surface area contributed by atoms with Gasteiger partial charge in [-0.15, -0.1) is 0 Å². The fourth-order valence-corrected chi connectivity index (χ4v) is 3.19. The van der Waals surface area contributed by atoms with Crippen molar-refractivity contribution in [3.63, 3.8) is 0 Å². The van der Waals surface area contributed by atoms with Crippen LogP contribution in [0.1, 0.15) is 48.0 Å². The van der Waals surface area contributed by atoms with Crippen molar-refractivity contribution in [2.45, 2.75) is 38.5 Å². The van der Waals surface area contributed by atoms with Crippen LogP contribution in [0.2, 0.25) is 0 Å². The first-order valence-corrected chi connectivity index (χ1v) is 9.61. The van der Waals surface area contributed by atoms with Crippen LogP contribution in [0.5, 0.6) is 0 Å². The second-order valence-corrected chi connectivity index (χ2v) is 6.85. The summed E-state index contributed by atoms with van der Waals surface area (Å²) in [5.74, 6) is 0.413. The van der Waals surface area contributed by atoms with Gasteiger partial charge in [-0.3, -0.25) is 4.79 Å². The molecule has 3 rings (SSSR count). The molecule has 2 N–H and O–H groups in total. The molecule has 1 aromatic carbocycles. The minimum atomic E-state index is -0.224. The summed E-state index contributed by atoms with van der Waals surface area (Å²) in [5.41, 5.74) is 3.09. The smallest absolute Gasteiger partial charge is 0.252 e. The number of allylic oxidation sites excluding steroid dienone is 1. The zero-order chi connectivity index (χ0) is 18.9. The second-order valence-electron chi connectivity index (χ2n) is 6.85. The molecule has 0 aliphatic heterocycles. The number of nitrogens with one attached hydrogen (secondary N) is 2. The summed E-state index contributed by atoms with van der Waals surface area (Å²) in [6, 6.07) is 10.1. The van der Waals surface area contributed by atoms with Crippen molar-refractivity contribution in [3.05, 3.63) is 71.2 Å². The fourth-order valence-electron chi connectivity index (χ4n) is 3.19. The molecule has 0 unspecified atom stereocenters. The Labute approximate surface area is 159 Å². The topological polar surface area (TPSA) is 54.0 Å². The average molecular weight is 367 g/mol. The van der Waals surface area contributed by atoms with Crippen LogP contribution >= 0.6 is 0 Å². The molecule has 1 aliphatic rings. The number of pyridine rings is 1. The van der Waals surface area contributed by atoms with Gasteiger partial charge in [0, 0.05) is 19.3 Å². The summed E-state index contributed by atoms with van der Waals surface area (Å²) in [4.78, 5) is 16.5. The van der Waals surface area contributed by atoms with Gasteiger partial charge in [-0.1, -0.05) is 23.8 Å². The third-order valence-electron chi connectivity index (χ3n) is 4.78. The van der Waals surface area contributed by atoms with Crippen LogP contribution in [-0.2, 0) is 6.42 Å². The molecule has 0 atom stereocenters. The van der Waals surface area contributed by atoms with Gasteiger partial charge in [0.25, 0.3) is 5.91 Å². The normalized spacial score (nSPS) is 13.7. The van der Waals surface area contributed by atoms with E-state index in [-0.39, 0.29) is 11.7 Å². The van der Waals surface area contributed by atoms with Crippen LogP contribution in [0.25, 0.3) is 0 Å². The Hall–Kier alpha value is -2.69. The summed E-state index contributed by atoms with van der Waals surface area (Å²) in [6.07, 6.45) is 10.5. The summed E-state index contributed by atoms with van der Waals surface area (Å²) >= 11 is 0. The molecule has 5 heteroatoms. The Morgan fingerprint density at radius 1 is 1.04 bits per heavy atom. The zero-order valence-corrected chi connectivity index (χ0v) is 15.5. The maximum Gasteiger partial charge on any atom is 0.252 e. The monoisotopic (exact) mass is 367 g/mol. The molecule has 1 aromatic heterocycles. The molecule has 0 bridgehead atoms. The number of hydrogen-bond donors (Lipinski definition) is 2. The highest BCUT2D eigenvalue weighted by molar-refractivity contribution is 5.94. The highest BCUT2D eigenvalue weighted by Crippen LogP contribution is 2.19. The van der Waals surface area contributed by atoms with Crippen molar-refractivity contribution in [1.82, 2.24) is 10.3 Å². The first-order chi connectivity index (χ1) is 13.2. The molecule has 1 amide bonds. The van der Waals surface area contributed by atoms with E-state index in [9.17, 15) is 9.18 Å². The quantitative estimate of drug-likeness (QED) is 0.676. The third kappa shape index (κ3) is 6.20. The number of aromatic nitrogens is 1. The maximum absolute atomic E-state index is 12.9. The van der Waals surface area contributed by atoms with Crippen molar-refractivity contribution in [3.8, 4) is 0 Å². The van der Waals surface area contributed by atoms with Crippen molar-refractivity contribution in [2.24, 2.45) is 0 Å². The highest BCUT2D eigenvalue weighted by Gasteiger charge is 2.08. The number of anilines is 1. The SMILES string of the molecule is O=C(NCCC1=CCCCC1)c1ccc(NCCc2ccc(F)cc2)nc1. The van der Waals surface area contributed by atoms with Crippen LogP contribution in [0, 0.1) is 5.82 Å². The maximum atomic E-state index is 12.9. The molecule has 0 saturated carbocycles. The van der Waals surface area contributed by atoms with E-state index in [1.807, 2.05) is 6.07 Å². The van der Waals surface area contributed by atoms with Gasteiger partial charge in [-0.2, -0.15) is 0 Å². The van der Waals surface area contributed by atoms with E-state index >= 15 is 0 Å². The van der Waals surface area contributed by atoms with Crippen LogP contribution < -0.4 is 10.6 Å². The summed E-state index contributed by atoms with van der Waals surface area (Å²) in [6.45, 7) is 1.36. The Balaban J connectivity index is 1.40. The van der Waals surface area contributed by atoms with Gasteiger partial charge >= 0.3 is 0 Å². The lowest BCUT2D eigenvalue weighted by atomic mass is 9.97. The molecule has 142 valence electrons. The minimum Gasteiger partial charge on any atom is -0.370 e. The standard InChI is InChI=1S/C22H26FN3O/c23-20-9-6-18(7-10-20)12-14-24-21-11-8-19(16-26-21)22(27)25-15-13-17-4-2-1-3-5-17/h4,6-11,16H,1-3,5,12-15H2,(H,24,26)(H,25,27). The van der Waals surface area contributed by atoms with E-state index in [4.69, 9.17) is 0 Å². The summed E-state index contributed by atoms with van der Waals surface area (Å²) in [7, 11) is 0. The Kier molecular flexibility index (Phi) is 6.97. The van der Waals surface area contributed by atoms with Crippen molar-refractivity contribution >= 4 is 11.7 Å². The number of halogens is 1. The van der Waals surface area contributed by atoms with Crippen LogP contribution in [0.15, 0.2) is 54.2 Å². The second kappa shape index (κ2) is 9.86. The van der Waals surface area contributed by atoms with Gasteiger partial charge in [0.05, 0.1) is 5.56 Å². The molecular formula is C22H26FN3O. The van der Waals surface area contributed by atoms with E-state index in [1.54, 1.807) is 24.4 Å². The minimum absolute atomic E-state index is 0.0863. The Morgan fingerprint density at radius 2 is 1.89 bits per heavy atom. The lowest BCUT2D eigenvalue weighted by Crippen LogP contribution is -2.25. The Bertz CT molecular complexity index is 769. The number of carbonyl (C=O) groups is 1. The van der Waals surface area contributed by atoms with Crippen molar-refractivity contribution in [1.29, 1.82) is 0 Å². The molecule has 27 heavy (non-hydrogen) atoms. The number of hydrogen-bond acceptors (Lipinski definition) is 3. The Morgan fingerprint density at radius 3 is 2.59 bits per heavy atom. The largest absolute Gasteiger partial charge is 0.370 e. The van der Waals surface area contributed by atoms with Gasteiger partial charge in [0.2, 0.25) is 0 Å². The number of benzene rings is 1. The molecule has 1 aliphatic carbocycles. The van der Waals surface area contributed by atoms with E-state index < -0.39 is 0 Å². The van der Waals surface area contributed by atoms with E-state index in [0.717, 1.165) is 30.6 Å². The number of amides is 1. The van der Waals surface area contributed by atoms with E-state index in [1.165, 1.54) is 37.0 Å². The number of rotatable bonds is 8. The number of nitrogens with zero attached hydrogens (tertiary/aromatic N) is 1. The van der Waals surface area contributed by atoms with E-state index in [2.05, 4.69) is 21.7 Å². The fraction of sp³-hybridized carbons (Fsp3) is 0.364. The highest BCUT2D eigenvalue weighted by atomic mass is 19.1. The van der Waals surface area contributed by atoms with Crippen molar-refractivity contribution in [2.75, 3.05) is 18.4 Å². The van der Waals surface area contributed by atoms with Crippen LogP contribution in [0.3, 0.4) is 0 Å². The third-order valence-corrected chi connectivity index (χ3v) is 4.78. The van der Waals surface area contributed by atoms with Crippen molar-refractivity contribution < 1.29 is 9.18 Å². The van der Waals surface area contributed by atoms with Crippen LogP contribution in [0.4, 0.5) is 10.2 Å². The lowest BCUT2D eigenvalue weighted by molar-refractivity contribution is 0.0953. The molecule has 0 fully saturated rings. The molecule has 2 aromatic rings. The first-order valence-electron chi connectivity index (χ1n) is 9.61. The van der Waals surface area contributed by atoms with E-state index in [0.29, 0.717) is 18.7 Å². The molecule has 1 heterocycles. The predicted octanol–water partition coefficient (Wildman–Crippen LogP) is 4.50. The van der Waals surface area contributed by atoms with Gasteiger partial charge < -0.3 is 10.6 Å². The van der Waals surface area contributed by atoms with Gasteiger partial charge in [0.1, 0.15) is 11.6 Å². The summed E-state index contributed by atoms with van der Waals surface area (Å²) < 4.78 is 12.9. The van der Waals surface area contributed by atoms with Crippen LogP contribution in [-0.4, -0.2) is 24.0 Å². The van der Waals surface area contributed by atoms with Gasteiger partial charge in [0.15, 0.2) is 0 Å². The molecule has 0 saturated heterocycles. The molecule has 4 nitrogen and oxygen atoms in total. The number of carbonyl (C=O) groups excluding carboxylic acids is 1. The lowest BCUT2D eigenvalue weighted by Gasteiger charge is -2.13. The van der Waals surface area contributed by atoms with Gasteiger partial charge in [-0.25, -0.2) is 9.37 Å². The van der Waals surface area contributed by atoms with Gasteiger partial charge in [-0.05, 0) is 68.4 Å². The zero-order valence-electron chi connectivity index (χ0n) is 15.5. The molecule has 0 radical (unpaired) electrons.